The predicted molar refractivity (Wildman–Crippen MR) is 165 cm³/mol. The van der Waals surface area contributed by atoms with Crippen LogP contribution in [0, 0.1) is 13.8 Å². The van der Waals surface area contributed by atoms with Crippen LogP contribution in [-0.4, -0.2) is 57.6 Å². The molecule has 2 aliphatic rings. The number of rotatable bonds is 7. The molecule has 1 saturated heterocycles. The number of fused-ring (bicyclic) bond motifs is 1. The summed E-state index contributed by atoms with van der Waals surface area (Å²) in [5, 5.41) is 2.02. The van der Waals surface area contributed by atoms with Crippen molar-refractivity contribution in [3.8, 4) is 28.5 Å². The van der Waals surface area contributed by atoms with Crippen molar-refractivity contribution in [2.75, 3.05) is 26.3 Å². The molecule has 2 fully saturated rings. The highest BCUT2D eigenvalue weighted by Gasteiger charge is 2.28. The minimum Gasteiger partial charge on any atom is -0.406 e. The average molecular weight is 585 g/mol. The van der Waals surface area contributed by atoms with Gasteiger partial charge in [0.25, 0.3) is 0 Å². The van der Waals surface area contributed by atoms with Crippen LogP contribution >= 0.6 is 11.3 Å². The molecule has 0 bridgehead atoms. The topological polar surface area (TPSA) is 86.5 Å². The number of ether oxygens (including phenoxy) is 2. The van der Waals surface area contributed by atoms with Crippen LogP contribution in [0.4, 0.5) is 0 Å². The standard InChI is InChI=1S/C33H36N4O4S/c1-4-31(39)41-30-19-26(23-8-6-5-7-9-23)33(37(30)20-29(38)36-14-16-40-17-15-36)25-11-12-27-24(18-25)10-13-28(35-27)32-21(2)42-22(3)34-32/h4,10-13,18-19,23H,1,5-9,14-17,20H2,2-3H3. The minimum absolute atomic E-state index is 0.0257. The second-order valence-corrected chi connectivity index (χ2v) is 12.5. The highest BCUT2D eigenvalue weighted by atomic mass is 32.1. The number of aryl methyl sites for hydroxylation is 2. The highest BCUT2D eigenvalue weighted by molar-refractivity contribution is 7.11. The van der Waals surface area contributed by atoms with Crippen LogP contribution in [0.5, 0.6) is 5.88 Å². The molecular weight excluding hydrogens is 548 g/mol. The zero-order valence-corrected chi connectivity index (χ0v) is 25.0. The van der Waals surface area contributed by atoms with Crippen molar-refractivity contribution in [3.63, 3.8) is 0 Å². The summed E-state index contributed by atoms with van der Waals surface area (Å²) >= 11 is 1.68. The van der Waals surface area contributed by atoms with Crippen molar-refractivity contribution < 1.29 is 19.1 Å². The maximum Gasteiger partial charge on any atom is 0.336 e. The molecule has 9 heteroatoms. The molecule has 0 N–H and O–H groups in total. The summed E-state index contributed by atoms with van der Waals surface area (Å²) in [5.74, 6) is 0.126. The van der Waals surface area contributed by atoms with E-state index in [1.54, 1.807) is 11.3 Å². The van der Waals surface area contributed by atoms with Crippen molar-refractivity contribution in [3.05, 3.63) is 64.5 Å². The molecule has 42 heavy (non-hydrogen) atoms. The van der Waals surface area contributed by atoms with E-state index in [4.69, 9.17) is 14.5 Å². The van der Waals surface area contributed by atoms with E-state index in [0.717, 1.165) is 80.8 Å². The van der Waals surface area contributed by atoms with E-state index < -0.39 is 5.97 Å². The van der Waals surface area contributed by atoms with Gasteiger partial charge in [0, 0.05) is 35.5 Å². The van der Waals surface area contributed by atoms with Crippen LogP contribution < -0.4 is 4.74 Å². The lowest BCUT2D eigenvalue weighted by Gasteiger charge is -2.28. The fourth-order valence-corrected chi connectivity index (χ4v) is 7.03. The fraction of sp³-hybridized carbons (Fsp3) is 0.394. The number of aromatic nitrogens is 3. The van der Waals surface area contributed by atoms with Gasteiger partial charge in [-0.05, 0) is 61.9 Å². The number of hydrogen-bond acceptors (Lipinski definition) is 7. The van der Waals surface area contributed by atoms with Crippen LogP contribution in [0.2, 0.25) is 0 Å². The number of carbonyl (C=O) groups excluding carboxylic acids is 2. The lowest BCUT2D eigenvalue weighted by molar-refractivity contribution is -0.136. The summed E-state index contributed by atoms with van der Waals surface area (Å²) in [4.78, 5) is 38.6. The van der Waals surface area contributed by atoms with E-state index in [0.29, 0.717) is 38.1 Å². The van der Waals surface area contributed by atoms with Crippen molar-refractivity contribution in [2.24, 2.45) is 0 Å². The number of hydrogen-bond donors (Lipinski definition) is 0. The molecular formula is C33H36N4O4S. The molecule has 8 nitrogen and oxygen atoms in total. The van der Waals surface area contributed by atoms with Crippen LogP contribution in [0.1, 0.15) is 53.5 Å². The Morgan fingerprint density at radius 3 is 2.57 bits per heavy atom. The number of esters is 1. The molecule has 4 heterocycles. The van der Waals surface area contributed by atoms with Gasteiger partial charge in [-0.3, -0.25) is 4.79 Å². The normalized spacial score (nSPS) is 16.1. The third kappa shape index (κ3) is 5.76. The zero-order valence-electron chi connectivity index (χ0n) is 24.2. The van der Waals surface area contributed by atoms with Gasteiger partial charge >= 0.3 is 5.97 Å². The van der Waals surface area contributed by atoms with E-state index in [-0.39, 0.29) is 12.5 Å². The van der Waals surface area contributed by atoms with Gasteiger partial charge in [-0.25, -0.2) is 14.8 Å². The average Bonchev–Trinajstić information content (AvgIpc) is 3.55. The SMILES string of the molecule is C=CC(=O)Oc1cc(C2CCCCC2)c(-c2ccc3nc(-c4nc(C)sc4C)ccc3c2)n1CC(=O)N1CCOCC1. The van der Waals surface area contributed by atoms with E-state index in [1.165, 1.54) is 6.42 Å². The number of thiazole rings is 1. The third-order valence-corrected chi connectivity index (χ3v) is 9.16. The third-order valence-electron chi connectivity index (χ3n) is 8.27. The molecule has 0 unspecified atom stereocenters. The number of amides is 1. The molecule has 6 rings (SSSR count). The predicted octanol–water partition coefficient (Wildman–Crippen LogP) is 6.44. The van der Waals surface area contributed by atoms with Gasteiger partial charge in [0.2, 0.25) is 11.8 Å². The van der Waals surface area contributed by atoms with Crippen LogP contribution in [-0.2, 0) is 20.9 Å². The van der Waals surface area contributed by atoms with Gasteiger partial charge in [-0.2, -0.15) is 0 Å². The van der Waals surface area contributed by atoms with E-state index in [9.17, 15) is 9.59 Å². The van der Waals surface area contributed by atoms with E-state index >= 15 is 0 Å². The van der Waals surface area contributed by atoms with Crippen molar-refractivity contribution in [1.82, 2.24) is 19.4 Å². The van der Waals surface area contributed by atoms with Crippen molar-refractivity contribution in [2.45, 2.75) is 58.4 Å². The summed E-state index contributed by atoms with van der Waals surface area (Å²) in [7, 11) is 0. The first-order valence-corrected chi connectivity index (χ1v) is 15.5. The first-order valence-electron chi connectivity index (χ1n) is 14.7. The zero-order chi connectivity index (χ0) is 29.2. The Morgan fingerprint density at radius 1 is 1.07 bits per heavy atom. The Kier molecular flexibility index (Phi) is 8.22. The smallest absolute Gasteiger partial charge is 0.336 e. The number of pyridine rings is 1. The summed E-state index contributed by atoms with van der Waals surface area (Å²) in [6, 6.07) is 12.3. The maximum atomic E-state index is 13.5. The number of benzene rings is 1. The lowest BCUT2D eigenvalue weighted by atomic mass is 9.83. The first kappa shape index (κ1) is 28.3. The molecule has 0 radical (unpaired) electrons. The van der Waals surface area contributed by atoms with E-state index in [1.807, 2.05) is 34.6 Å². The van der Waals surface area contributed by atoms with Gasteiger partial charge in [-0.15, -0.1) is 11.3 Å². The van der Waals surface area contributed by atoms with Gasteiger partial charge in [0.15, 0.2) is 0 Å². The van der Waals surface area contributed by atoms with Gasteiger partial charge in [-0.1, -0.05) is 38.0 Å². The Morgan fingerprint density at radius 2 is 1.86 bits per heavy atom. The Bertz CT molecular complexity index is 1640. The number of carbonyl (C=O) groups is 2. The largest absolute Gasteiger partial charge is 0.406 e. The summed E-state index contributed by atoms with van der Waals surface area (Å²) < 4.78 is 13.1. The van der Waals surface area contributed by atoms with Crippen LogP contribution in [0.15, 0.2) is 49.1 Å². The van der Waals surface area contributed by atoms with Crippen LogP contribution in [0.25, 0.3) is 33.5 Å². The molecule has 1 amide bonds. The monoisotopic (exact) mass is 584 g/mol. The Labute approximate surface area is 250 Å². The Hall–Kier alpha value is -3.82. The molecule has 1 aliphatic carbocycles. The number of morpholine rings is 1. The molecule has 1 aromatic carbocycles. The van der Waals surface area contributed by atoms with Crippen molar-refractivity contribution >= 4 is 34.1 Å². The van der Waals surface area contributed by atoms with Gasteiger partial charge in [0.1, 0.15) is 12.2 Å². The maximum absolute atomic E-state index is 13.5. The Balaban J connectivity index is 1.46. The fourth-order valence-electron chi connectivity index (χ4n) is 6.20. The molecule has 1 aliphatic heterocycles. The number of nitrogens with zero attached hydrogens (tertiary/aromatic N) is 4. The second kappa shape index (κ2) is 12.2. The lowest BCUT2D eigenvalue weighted by Crippen LogP contribution is -2.42. The highest BCUT2D eigenvalue weighted by Crippen LogP contribution is 2.43. The van der Waals surface area contributed by atoms with E-state index in [2.05, 4.69) is 36.7 Å². The van der Waals surface area contributed by atoms with Crippen LogP contribution in [0.3, 0.4) is 0 Å². The molecule has 0 spiro atoms. The molecule has 1 saturated carbocycles. The minimum atomic E-state index is -0.544. The second-order valence-electron chi connectivity index (χ2n) is 11.1. The van der Waals surface area contributed by atoms with Gasteiger partial charge < -0.3 is 18.9 Å². The molecule has 0 atom stereocenters. The summed E-state index contributed by atoms with van der Waals surface area (Å²) in [6.07, 6.45) is 6.82. The molecule has 218 valence electrons. The molecule has 4 aromatic rings. The summed E-state index contributed by atoms with van der Waals surface area (Å²) in [5.41, 5.74) is 5.67. The summed E-state index contributed by atoms with van der Waals surface area (Å²) in [6.45, 7) is 9.89. The quantitative estimate of drug-likeness (QED) is 0.184. The first-order chi connectivity index (χ1) is 20.4. The van der Waals surface area contributed by atoms with Crippen molar-refractivity contribution in [1.29, 1.82) is 0 Å². The van der Waals surface area contributed by atoms with Gasteiger partial charge in [0.05, 0.1) is 35.1 Å². The molecule has 3 aromatic heterocycles.